The largest absolute Gasteiger partial charge is 0.401 e. The zero-order valence-electron chi connectivity index (χ0n) is 9.23. The Balaban J connectivity index is 1.84. The van der Waals surface area contributed by atoms with Gasteiger partial charge in [0.05, 0.1) is 0 Å². The summed E-state index contributed by atoms with van der Waals surface area (Å²) in [5, 5.41) is 1.81. The van der Waals surface area contributed by atoms with Gasteiger partial charge in [-0.3, -0.25) is 0 Å². The Bertz CT molecular complexity index is 239. The van der Waals surface area contributed by atoms with Crippen LogP contribution in [-0.2, 0) is 0 Å². The van der Waals surface area contributed by atoms with E-state index >= 15 is 0 Å². The molecule has 2 rings (SSSR count). The van der Waals surface area contributed by atoms with Crippen LogP contribution in [0.4, 0.5) is 0 Å². The van der Waals surface area contributed by atoms with Gasteiger partial charge in [-0.2, -0.15) is 0 Å². The van der Waals surface area contributed by atoms with Gasteiger partial charge in [0, 0.05) is 29.9 Å². The Morgan fingerprint density at radius 3 is 2.20 bits per heavy atom. The molecule has 0 spiro atoms. The zero-order chi connectivity index (χ0) is 10.8. The van der Waals surface area contributed by atoms with Gasteiger partial charge in [0.1, 0.15) is 0 Å². The lowest BCUT2D eigenvalue weighted by molar-refractivity contribution is 0.209. The first-order chi connectivity index (χ1) is 7.16. The van der Waals surface area contributed by atoms with E-state index in [0.717, 1.165) is 31.4 Å². The van der Waals surface area contributed by atoms with Gasteiger partial charge in [-0.05, 0) is 38.5 Å². The van der Waals surface area contributed by atoms with Crippen molar-refractivity contribution in [3.05, 3.63) is 11.9 Å². The Labute approximate surface area is 91.4 Å². The lowest BCUT2D eigenvalue weighted by Crippen LogP contribution is -2.42. The van der Waals surface area contributed by atoms with Crippen molar-refractivity contribution in [2.24, 2.45) is 23.2 Å². The molecule has 0 aromatic rings. The second kappa shape index (κ2) is 4.41. The van der Waals surface area contributed by atoms with Crippen LogP contribution in [0.2, 0.25) is 0 Å². The van der Waals surface area contributed by atoms with Crippen LogP contribution < -0.4 is 17.3 Å². The van der Waals surface area contributed by atoms with Crippen LogP contribution >= 0.6 is 0 Å². The van der Waals surface area contributed by atoms with Gasteiger partial charge in [-0.25, -0.2) is 5.84 Å². The van der Waals surface area contributed by atoms with E-state index in [1.165, 1.54) is 12.8 Å². The van der Waals surface area contributed by atoms with Crippen molar-refractivity contribution in [3.63, 3.8) is 0 Å². The van der Waals surface area contributed by atoms with E-state index in [-0.39, 0.29) is 0 Å². The first kappa shape index (κ1) is 10.8. The van der Waals surface area contributed by atoms with Gasteiger partial charge in [0.2, 0.25) is 0 Å². The average Bonchev–Trinajstić information content (AvgIpc) is 3.01. The summed E-state index contributed by atoms with van der Waals surface area (Å²) in [5.74, 6) is 6.60. The fourth-order valence-corrected chi connectivity index (χ4v) is 2.20. The Morgan fingerprint density at radius 2 is 1.67 bits per heavy atom. The van der Waals surface area contributed by atoms with Gasteiger partial charge in [-0.15, -0.1) is 0 Å². The van der Waals surface area contributed by atoms with Crippen molar-refractivity contribution in [1.29, 1.82) is 0 Å². The molecule has 0 heterocycles. The zero-order valence-corrected chi connectivity index (χ0v) is 9.23. The van der Waals surface area contributed by atoms with E-state index in [2.05, 4.69) is 0 Å². The maximum absolute atomic E-state index is 6.00. The molecule has 0 amide bonds. The normalized spacial score (nSPS) is 32.8. The molecule has 0 radical (unpaired) electrons. The monoisotopic (exact) mass is 210 g/mol. The summed E-state index contributed by atoms with van der Waals surface area (Å²) in [4.78, 5) is 0. The molecule has 6 N–H and O–H groups in total. The van der Waals surface area contributed by atoms with E-state index < -0.39 is 0 Å². The highest BCUT2D eigenvalue weighted by atomic mass is 15.4. The smallest absolute Gasteiger partial charge is 0.0447 e. The highest BCUT2D eigenvalue weighted by Crippen LogP contribution is 2.34. The number of rotatable bonds is 3. The number of hydrogen-bond donors (Lipinski definition) is 3. The van der Waals surface area contributed by atoms with Crippen molar-refractivity contribution in [1.82, 2.24) is 5.01 Å². The maximum Gasteiger partial charge on any atom is 0.0447 e. The molecule has 2 fully saturated rings. The number of hydrazine groups is 1. The first-order valence-electron chi connectivity index (χ1n) is 5.92. The van der Waals surface area contributed by atoms with E-state index in [0.29, 0.717) is 18.0 Å². The highest BCUT2D eigenvalue weighted by molar-refractivity contribution is 5.07. The molecule has 0 aliphatic heterocycles. The summed E-state index contributed by atoms with van der Waals surface area (Å²) in [6.45, 7) is 0. The Kier molecular flexibility index (Phi) is 3.17. The molecule has 86 valence electrons. The molecule has 0 unspecified atom stereocenters. The van der Waals surface area contributed by atoms with E-state index in [4.69, 9.17) is 17.3 Å². The van der Waals surface area contributed by atoms with Crippen LogP contribution in [-0.4, -0.2) is 17.1 Å². The maximum atomic E-state index is 6.00. The lowest BCUT2D eigenvalue weighted by Gasteiger charge is -2.32. The predicted molar refractivity (Wildman–Crippen MR) is 61.3 cm³/mol. The fourth-order valence-electron chi connectivity index (χ4n) is 2.20. The van der Waals surface area contributed by atoms with E-state index in [9.17, 15) is 0 Å². The third kappa shape index (κ3) is 2.86. The van der Waals surface area contributed by atoms with Crippen molar-refractivity contribution in [3.8, 4) is 0 Å². The Hall–Kier alpha value is -0.740. The minimum absolute atomic E-state index is 0.374. The number of nitrogens with two attached hydrogens (primary N) is 3. The SMILES string of the molecule is N/C(=C\N(N)C1CCC(N)CC1)C1CC1. The molecule has 0 atom stereocenters. The molecule has 2 aliphatic rings. The molecule has 0 bridgehead atoms. The molecule has 2 saturated carbocycles. The van der Waals surface area contributed by atoms with Gasteiger partial charge in [0.15, 0.2) is 0 Å². The summed E-state index contributed by atoms with van der Waals surface area (Å²) in [7, 11) is 0. The second-order valence-electron chi connectivity index (χ2n) is 4.92. The molecular weight excluding hydrogens is 188 g/mol. The van der Waals surface area contributed by atoms with Gasteiger partial charge < -0.3 is 16.5 Å². The third-order valence-corrected chi connectivity index (χ3v) is 3.51. The molecule has 0 aromatic carbocycles. The van der Waals surface area contributed by atoms with Crippen LogP contribution in [0.25, 0.3) is 0 Å². The molecular formula is C11H22N4. The van der Waals surface area contributed by atoms with Gasteiger partial charge >= 0.3 is 0 Å². The number of hydrogen-bond acceptors (Lipinski definition) is 4. The van der Waals surface area contributed by atoms with E-state index in [1.54, 1.807) is 5.01 Å². The molecule has 4 heteroatoms. The van der Waals surface area contributed by atoms with Gasteiger partial charge in [0.25, 0.3) is 0 Å². The number of nitrogens with zero attached hydrogens (tertiary/aromatic N) is 1. The van der Waals surface area contributed by atoms with Crippen molar-refractivity contribution in [2.45, 2.75) is 50.6 Å². The summed E-state index contributed by atoms with van der Waals surface area (Å²) < 4.78 is 0. The lowest BCUT2D eigenvalue weighted by atomic mass is 9.91. The Morgan fingerprint density at radius 1 is 1.07 bits per heavy atom. The van der Waals surface area contributed by atoms with Crippen LogP contribution in [0.15, 0.2) is 11.9 Å². The van der Waals surface area contributed by atoms with Crippen LogP contribution in [0, 0.1) is 5.92 Å². The summed E-state index contributed by atoms with van der Waals surface area (Å²) in [5.41, 5.74) is 12.7. The van der Waals surface area contributed by atoms with Gasteiger partial charge in [-0.1, -0.05) is 0 Å². The predicted octanol–water partition coefficient (Wildman–Crippen LogP) is 0.642. The van der Waals surface area contributed by atoms with Crippen LogP contribution in [0.3, 0.4) is 0 Å². The quantitative estimate of drug-likeness (QED) is 0.472. The third-order valence-electron chi connectivity index (χ3n) is 3.51. The van der Waals surface area contributed by atoms with Crippen LogP contribution in [0.1, 0.15) is 38.5 Å². The molecule has 15 heavy (non-hydrogen) atoms. The summed E-state index contributed by atoms with van der Waals surface area (Å²) >= 11 is 0. The standard InChI is InChI=1S/C11H22N4/c12-9-3-5-10(6-4-9)15(14)7-11(13)8-1-2-8/h7-10H,1-6,12-14H2/b11-7-. The molecule has 0 saturated heterocycles. The topological polar surface area (TPSA) is 81.3 Å². The first-order valence-corrected chi connectivity index (χ1v) is 5.92. The average molecular weight is 210 g/mol. The summed E-state index contributed by atoms with van der Waals surface area (Å²) in [6.07, 6.45) is 8.72. The minimum atomic E-state index is 0.374. The van der Waals surface area contributed by atoms with Crippen molar-refractivity contribution < 1.29 is 0 Å². The van der Waals surface area contributed by atoms with E-state index in [1.807, 2.05) is 6.20 Å². The fraction of sp³-hybridized carbons (Fsp3) is 0.818. The van der Waals surface area contributed by atoms with Crippen LogP contribution in [0.5, 0.6) is 0 Å². The minimum Gasteiger partial charge on any atom is -0.401 e. The molecule has 4 nitrogen and oxygen atoms in total. The number of allylic oxidation sites excluding steroid dienone is 1. The van der Waals surface area contributed by atoms with Crippen molar-refractivity contribution >= 4 is 0 Å². The second-order valence-corrected chi connectivity index (χ2v) is 4.92. The summed E-state index contributed by atoms with van der Waals surface area (Å²) in [6, 6.07) is 0.807. The molecule has 2 aliphatic carbocycles. The molecule has 0 aromatic heterocycles. The highest BCUT2D eigenvalue weighted by Gasteiger charge is 2.26. The van der Waals surface area contributed by atoms with Crippen molar-refractivity contribution in [2.75, 3.05) is 0 Å².